The molecule has 2 atom stereocenters. The van der Waals surface area contributed by atoms with Crippen LogP contribution in [0.1, 0.15) is 188 Å². The van der Waals surface area contributed by atoms with Gasteiger partial charge in [0.1, 0.15) is 5.69 Å². The molecule has 5 N–H and O–H groups in total. The molecule has 14 aromatic rings. The fourth-order valence-corrected chi connectivity index (χ4v) is 23.0. The van der Waals surface area contributed by atoms with Crippen LogP contribution in [0.15, 0.2) is 242 Å². The van der Waals surface area contributed by atoms with E-state index in [1.165, 1.54) is 108 Å². The van der Waals surface area contributed by atoms with Crippen LogP contribution in [-0.4, -0.2) is 76.7 Å². The van der Waals surface area contributed by atoms with Gasteiger partial charge in [0, 0.05) is 108 Å². The van der Waals surface area contributed by atoms with Crippen LogP contribution in [0.4, 0.5) is 0 Å². The fraction of sp³-hybridized carbons (Fsp3) is 0.315. The molecule has 16 heteroatoms. The number of aliphatic hydroxyl groups excluding tert-OH is 4. The molecule has 0 amide bonds. The van der Waals surface area contributed by atoms with E-state index in [-0.39, 0.29) is 97.6 Å². The number of hydrogen-bond acceptors (Lipinski definition) is 10. The summed E-state index contributed by atoms with van der Waals surface area (Å²) in [6.07, 6.45) is 4.90. The molecule has 4 radical (unpaired) electrons. The first kappa shape index (κ1) is 110. The summed E-state index contributed by atoms with van der Waals surface area (Å²) < 4.78 is 0. The van der Waals surface area contributed by atoms with Gasteiger partial charge in [-0.1, -0.05) is 272 Å². The molecule has 678 valence electrons. The van der Waals surface area contributed by atoms with E-state index in [2.05, 4.69) is 319 Å². The van der Waals surface area contributed by atoms with Crippen molar-refractivity contribution in [3.8, 4) is 45.0 Å². The maximum atomic E-state index is 10.1. The molecule has 0 spiro atoms. The number of hydrogen-bond donors (Lipinski definition) is 5. The van der Waals surface area contributed by atoms with Crippen molar-refractivity contribution >= 4 is 68.4 Å². The van der Waals surface area contributed by atoms with Crippen LogP contribution in [0.5, 0.6) is 0 Å². The van der Waals surface area contributed by atoms with Crippen molar-refractivity contribution in [2.45, 2.75) is 214 Å². The van der Waals surface area contributed by atoms with Gasteiger partial charge in [0.2, 0.25) is 0 Å². The predicted octanol–water partition coefficient (Wildman–Crippen LogP) is 27.7. The van der Waals surface area contributed by atoms with Crippen molar-refractivity contribution < 1.29 is 111 Å². The SMILES string of the molecule is CC(O)=C(c1ccccc1)C(C)O.CC(O)=CC(C)O.Cc1c[c-]c(-c2ccc3c(CC(C)C)cccc3n2)cc1C.Cc1c[c-]c(-c2ccc3c(CC(C)C)cccc3n2)cc1C.Cc1c[c-]c(-c2ccc3c(CC(C)C)cccc3n2)cc1C.Cc1c[c-]c(-c2ccc3c([Si](C(C)C)(C(C)C)C(C)C)cccc3n2)cc1C.O=C(O)c1ccccn1.[Ir].[Ir].[Ir].[Ir]. The summed E-state index contributed by atoms with van der Waals surface area (Å²) in [7, 11) is -1.73. The molecule has 11 nitrogen and oxygen atoms in total. The zero-order valence-electron chi connectivity index (χ0n) is 78.4. The van der Waals surface area contributed by atoms with Crippen molar-refractivity contribution in [1.29, 1.82) is 0 Å². The molecule has 0 aliphatic heterocycles. The second-order valence-corrected chi connectivity index (χ2v) is 40.6. The summed E-state index contributed by atoms with van der Waals surface area (Å²) in [6, 6.07) is 88.0. The van der Waals surface area contributed by atoms with Crippen LogP contribution in [0, 0.1) is 97.4 Å². The number of rotatable bonds is 18. The maximum Gasteiger partial charge on any atom is 0.354 e. The first-order valence-electron chi connectivity index (χ1n) is 43.2. The fourth-order valence-electron chi connectivity index (χ4n) is 16.1. The van der Waals surface area contributed by atoms with E-state index in [9.17, 15) is 15.0 Å². The van der Waals surface area contributed by atoms with Crippen LogP contribution in [0.25, 0.3) is 94.2 Å². The molecule has 0 aliphatic rings. The van der Waals surface area contributed by atoms with E-state index in [4.69, 9.17) is 35.3 Å². The largest absolute Gasteiger partial charge is 0.513 e. The number of carboxylic acid groups (broad SMARTS) is 1. The molecule has 0 saturated heterocycles. The second-order valence-electron chi connectivity index (χ2n) is 34.8. The van der Waals surface area contributed by atoms with Crippen molar-refractivity contribution in [2.24, 2.45) is 17.8 Å². The van der Waals surface area contributed by atoms with E-state index in [0.29, 0.717) is 40.0 Å². The molecule has 0 aliphatic carbocycles. The van der Waals surface area contributed by atoms with Crippen molar-refractivity contribution in [3.05, 3.63) is 339 Å². The zero-order chi connectivity index (χ0) is 90.1. The Bertz CT molecular complexity index is 5570. The van der Waals surface area contributed by atoms with E-state index in [1.807, 2.05) is 48.5 Å². The Hall–Kier alpha value is -8.95. The van der Waals surface area contributed by atoms with Crippen LogP contribution < -0.4 is 5.19 Å². The van der Waals surface area contributed by atoms with Gasteiger partial charge in [0.25, 0.3) is 0 Å². The first-order valence-corrected chi connectivity index (χ1v) is 45.5. The Morgan fingerprint density at radius 3 is 0.921 bits per heavy atom. The van der Waals surface area contributed by atoms with Crippen molar-refractivity contribution in [2.75, 3.05) is 0 Å². The summed E-state index contributed by atoms with van der Waals surface area (Å²) in [4.78, 5) is 33.3. The average molecular weight is 2430 g/mol. The van der Waals surface area contributed by atoms with Gasteiger partial charge >= 0.3 is 5.97 Å². The normalized spacial score (nSPS) is 11.7. The molecule has 9 aromatic carbocycles. The number of benzene rings is 9. The van der Waals surface area contributed by atoms with Crippen LogP contribution in [0.3, 0.4) is 0 Å². The third kappa shape index (κ3) is 31.1. The summed E-state index contributed by atoms with van der Waals surface area (Å²) in [5, 5.41) is 50.7. The molecule has 2 unspecified atom stereocenters. The zero-order valence-corrected chi connectivity index (χ0v) is 89.0. The smallest absolute Gasteiger partial charge is 0.354 e. The summed E-state index contributed by atoms with van der Waals surface area (Å²) in [6.45, 7) is 51.4. The van der Waals surface area contributed by atoms with Gasteiger partial charge in [-0.25, -0.2) is 9.78 Å². The summed E-state index contributed by atoms with van der Waals surface area (Å²) in [5.74, 6) is 1.29. The minimum Gasteiger partial charge on any atom is -0.513 e. The van der Waals surface area contributed by atoms with Gasteiger partial charge in [-0.15, -0.1) is 140 Å². The molecular weight excluding hydrogens is 2300 g/mol. The Morgan fingerprint density at radius 2 is 0.677 bits per heavy atom. The molecule has 5 heterocycles. The topological polar surface area (TPSA) is 183 Å². The van der Waals surface area contributed by atoms with E-state index in [1.54, 1.807) is 38.1 Å². The van der Waals surface area contributed by atoms with E-state index < -0.39 is 26.3 Å². The van der Waals surface area contributed by atoms with E-state index in [0.717, 1.165) is 91.9 Å². The summed E-state index contributed by atoms with van der Waals surface area (Å²) in [5.41, 5.74) is 30.6. The van der Waals surface area contributed by atoms with Gasteiger partial charge in [-0.05, 0) is 179 Å². The number of aromatic carboxylic acids is 1. The maximum absolute atomic E-state index is 10.1. The van der Waals surface area contributed by atoms with Crippen molar-refractivity contribution in [1.82, 2.24) is 24.9 Å². The molecule has 127 heavy (non-hydrogen) atoms. The second kappa shape index (κ2) is 52.6. The van der Waals surface area contributed by atoms with E-state index >= 15 is 0 Å². The Morgan fingerprint density at radius 1 is 0.370 bits per heavy atom. The van der Waals surface area contributed by atoms with Gasteiger partial charge in [0.05, 0.1) is 53.9 Å². The molecule has 0 fully saturated rings. The number of nitrogens with zero attached hydrogens (tertiary/aromatic N) is 5. The number of fused-ring (bicyclic) bond motifs is 4. The number of pyridine rings is 5. The van der Waals surface area contributed by atoms with Gasteiger partial charge < -0.3 is 25.5 Å². The average Bonchev–Trinajstić information content (AvgIpc) is 0.744. The quantitative estimate of drug-likeness (QED) is 0.0313. The monoisotopic (exact) mass is 2430 g/mol. The van der Waals surface area contributed by atoms with Crippen LogP contribution in [0.2, 0.25) is 16.6 Å². The Labute approximate surface area is 812 Å². The molecule has 0 bridgehead atoms. The molecule has 14 rings (SSSR count). The molecular formula is C111H129Ir4N5O6Si-4. The third-order valence-corrected chi connectivity index (χ3v) is 29.6. The first-order chi connectivity index (χ1) is 58.4. The number of aryl methyl sites for hydroxylation is 8. The van der Waals surface area contributed by atoms with Gasteiger partial charge in [0.15, 0.2) is 0 Å². The number of carbonyl (C=O) groups is 1. The van der Waals surface area contributed by atoms with Crippen molar-refractivity contribution in [3.63, 3.8) is 0 Å². The minimum atomic E-state index is -1.73. The Balaban J connectivity index is 0.000000320. The van der Waals surface area contributed by atoms with Crippen LogP contribution in [-0.2, 0) is 99.7 Å². The number of allylic oxidation sites excluding steroid dienone is 2. The number of aliphatic hydroxyl groups is 4. The molecule has 0 saturated carbocycles. The Kier molecular flexibility index (Phi) is 45.8. The number of aromatic nitrogens is 5. The molecule has 5 aromatic heterocycles. The standard InChI is InChI=1S/C26H34NSi.3C21H22N.C11H14O2.C6H5NO2.C5H10O2.4Ir/c1-17(2)28(18(3)4,19(5)6)26-11-9-10-25-23(26)14-15-24(27-25)22-13-12-20(7)21(8)16-22;3*1-14(2)12-17-6-5-7-21-19(17)10-11-20(22-21)18-9-8-15(3)16(4)13-18;1-8(12)11(9(2)13)10-6-4-3-5-7-10;8-6(9)5-3-1-2-4-7-5;1-4(6)3-5(2)7;;;;/h9-12,14-19H,1-8H3;3*5-8,10-11,13-14H,12H2,1-4H3;3-8,12-13H,1-2H3;1-4H,(H,8,9);3-4,6-7H,1-2H3;;;;/q4*-1;;;;;;;. The van der Waals surface area contributed by atoms with Gasteiger partial charge in [-0.3, -0.25) is 19.9 Å². The third-order valence-electron chi connectivity index (χ3n) is 22.5. The van der Waals surface area contributed by atoms with Gasteiger partial charge in [-0.2, -0.15) is 0 Å². The summed E-state index contributed by atoms with van der Waals surface area (Å²) >= 11 is 0. The predicted molar refractivity (Wildman–Crippen MR) is 521 cm³/mol. The minimum absolute atomic E-state index is 0. The number of carboxylic acids is 1. The van der Waals surface area contributed by atoms with Crippen LogP contribution >= 0.6 is 0 Å².